The number of benzene rings is 1. The summed E-state index contributed by atoms with van der Waals surface area (Å²) in [4.78, 5) is 23.9. The lowest BCUT2D eigenvalue weighted by Gasteiger charge is -2.12. The van der Waals surface area contributed by atoms with Crippen LogP contribution in [0.2, 0.25) is 0 Å². The molecule has 0 heterocycles. The van der Waals surface area contributed by atoms with Gasteiger partial charge in [-0.2, -0.15) is 0 Å². The molecular weight excluding hydrogens is 276 g/mol. The second-order valence-electron chi connectivity index (χ2n) is 5.46. The molecule has 2 N–H and O–H groups in total. The topological polar surface area (TPSA) is 58.2 Å². The molecule has 0 bridgehead atoms. The van der Waals surface area contributed by atoms with Crippen LogP contribution in [0, 0.1) is 0 Å². The van der Waals surface area contributed by atoms with E-state index in [-0.39, 0.29) is 17.9 Å². The van der Waals surface area contributed by atoms with E-state index in [0.717, 1.165) is 18.4 Å². The molecule has 0 spiro atoms. The van der Waals surface area contributed by atoms with Crippen LogP contribution in [0.4, 0.5) is 0 Å². The molecule has 4 heteroatoms. The van der Waals surface area contributed by atoms with E-state index >= 15 is 0 Å². The predicted molar refractivity (Wildman–Crippen MR) is 89.6 cm³/mol. The van der Waals surface area contributed by atoms with Crippen LogP contribution >= 0.6 is 0 Å². The van der Waals surface area contributed by atoms with Crippen molar-refractivity contribution in [3.05, 3.63) is 47.0 Å². The van der Waals surface area contributed by atoms with Gasteiger partial charge in [-0.05, 0) is 44.4 Å². The van der Waals surface area contributed by atoms with Crippen LogP contribution in [0.25, 0.3) is 0 Å². The first kappa shape index (κ1) is 18.0. The van der Waals surface area contributed by atoms with E-state index in [0.29, 0.717) is 17.7 Å². The number of hydrogen-bond acceptors (Lipinski definition) is 2. The summed E-state index contributed by atoms with van der Waals surface area (Å²) in [5.41, 5.74) is 2.25. The van der Waals surface area contributed by atoms with Gasteiger partial charge < -0.3 is 10.6 Å². The molecule has 0 saturated carbocycles. The number of amides is 2. The second-order valence-corrected chi connectivity index (χ2v) is 5.46. The molecule has 22 heavy (non-hydrogen) atoms. The Hall–Kier alpha value is -2.10. The monoisotopic (exact) mass is 302 g/mol. The molecule has 0 aliphatic heterocycles. The number of nitrogens with one attached hydrogen (secondary N) is 2. The first-order chi connectivity index (χ1) is 10.5. The minimum Gasteiger partial charge on any atom is -0.350 e. The summed E-state index contributed by atoms with van der Waals surface area (Å²) in [5.74, 6) is -0.152. The van der Waals surface area contributed by atoms with Crippen molar-refractivity contribution in [3.63, 3.8) is 0 Å². The van der Waals surface area contributed by atoms with Crippen molar-refractivity contribution in [1.29, 1.82) is 0 Å². The van der Waals surface area contributed by atoms with Crippen LogP contribution in [0.1, 0.15) is 56.5 Å². The molecule has 0 unspecified atom stereocenters. The number of hydrogen-bond donors (Lipinski definition) is 2. The van der Waals surface area contributed by atoms with E-state index in [4.69, 9.17) is 0 Å². The van der Waals surface area contributed by atoms with E-state index in [1.165, 1.54) is 0 Å². The predicted octanol–water partition coefficient (Wildman–Crippen LogP) is 3.19. The summed E-state index contributed by atoms with van der Waals surface area (Å²) in [6.07, 6.45) is 3.63. The van der Waals surface area contributed by atoms with Crippen molar-refractivity contribution in [3.8, 4) is 0 Å². The normalized spacial score (nSPS) is 12.6. The zero-order valence-electron chi connectivity index (χ0n) is 13.9. The van der Waals surface area contributed by atoms with Crippen LogP contribution < -0.4 is 10.6 Å². The molecule has 0 aliphatic rings. The van der Waals surface area contributed by atoms with Crippen LogP contribution in [0.3, 0.4) is 0 Å². The maximum atomic E-state index is 12.1. The number of carbonyl (C=O) groups is 2. The summed E-state index contributed by atoms with van der Waals surface area (Å²) in [7, 11) is 0. The van der Waals surface area contributed by atoms with Crippen molar-refractivity contribution in [1.82, 2.24) is 10.6 Å². The summed E-state index contributed by atoms with van der Waals surface area (Å²) in [6.45, 7) is 8.22. The van der Waals surface area contributed by atoms with Crippen LogP contribution in [0.5, 0.6) is 0 Å². The highest BCUT2D eigenvalue weighted by Crippen LogP contribution is 2.07. The van der Waals surface area contributed by atoms with Gasteiger partial charge in [0.05, 0.1) is 0 Å². The van der Waals surface area contributed by atoms with Gasteiger partial charge in [-0.1, -0.05) is 32.1 Å². The average Bonchev–Trinajstić information content (AvgIpc) is 2.52. The van der Waals surface area contributed by atoms with Crippen molar-refractivity contribution < 1.29 is 9.59 Å². The fourth-order valence-corrected chi connectivity index (χ4v) is 1.95. The van der Waals surface area contributed by atoms with Crippen molar-refractivity contribution in [2.24, 2.45) is 0 Å². The number of rotatable bonds is 7. The van der Waals surface area contributed by atoms with Gasteiger partial charge in [-0.15, -0.1) is 0 Å². The van der Waals surface area contributed by atoms with Gasteiger partial charge in [0, 0.05) is 23.7 Å². The Bertz CT molecular complexity index is 550. The van der Waals surface area contributed by atoms with Gasteiger partial charge in [0.2, 0.25) is 5.91 Å². The van der Waals surface area contributed by atoms with Crippen LogP contribution in [-0.4, -0.2) is 17.9 Å². The van der Waals surface area contributed by atoms with Gasteiger partial charge in [-0.3, -0.25) is 9.59 Å². The molecule has 0 fully saturated rings. The fourth-order valence-electron chi connectivity index (χ4n) is 1.95. The van der Waals surface area contributed by atoms with Gasteiger partial charge in [0.25, 0.3) is 5.91 Å². The Kier molecular flexibility index (Phi) is 7.37. The van der Waals surface area contributed by atoms with Gasteiger partial charge in [-0.25, -0.2) is 0 Å². The van der Waals surface area contributed by atoms with E-state index in [1.54, 1.807) is 13.0 Å². The molecular formula is C18H26N2O2. The minimum absolute atomic E-state index is 0.0729. The Morgan fingerprint density at radius 3 is 2.64 bits per heavy atom. The third-order valence-corrected chi connectivity index (χ3v) is 3.50. The highest BCUT2D eigenvalue weighted by Gasteiger charge is 2.09. The van der Waals surface area contributed by atoms with E-state index in [2.05, 4.69) is 10.6 Å². The van der Waals surface area contributed by atoms with E-state index < -0.39 is 0 Å². The van der Waals surface area contributed by atoms with Crippen molar-refractivity contribution >= 4 is 11.8 Å². The number of allylic oxidation sites excluding steroid dienone is 1. The molecule has 2 amide bonds. The maximum absolute atomic E-state index is 12.1. The Labute approximate surface area is 133 Å². The third-order valence-electron chi connectivity index (χ3n) is 3.50. The van der Waals surface area contributed by atoms with Crippen molar-refractivity contribution in [2.45, 2.75) is 53.1 Å². The highest BCUT2D eigenvalue weighted by atomic mass is 16.2. The second kappa shape index (κ2) is 9.03. The third kappa shape index (κ3) is 5.72. The SMILES string of the molecule is CC/C=C(/C)C(=O)NCc1cccc(C(=O)N[C@H](C)CC)c1. The van der Waals surface area contributed by atoms with Gasteiger partial charge in [0.1, 0.15) is 0 Å². The molecule has 1 atom stereocenters. The Morgan fingerprint density at radius 2 is 2.00 bits per heavy atom. The summed E-state index contributed by atoms with van der Waals surface area (Å²) in [5, 5.41) is 5.80. The summed E-state index contributed by atoms with van der Waals surface area (Å²) >= 11 is 0. The molecule has 1 rings (SSSR count). The van der Waals surface area contributed by atoms with Gasteiger partial charge >= 0.3 is 0 Å². The first-order valence-corrected chi connectivity index (χ1v) is 7.82. The summed E-state index contributed by atoms with van der Waals surface area (Å²) in [6, 6.07) is 7.49. The van der Waals surface area contributed by atoms with Crippen LogP contribution in [-0.2, 0) is 11.3 Å². The zero-order chi connectivity index (χ0) is 16.5. The largest absolute Gasteiger partial charge is 0.350 e. The molecule has 1 aromatic carbocycles. The molecule has 120 valence electrons. The molecule has 0 radical (unpaired) electrons. The lowest BCUT2D eigenvalue weighted by atomic mass is 10.1. The average molecular weight is 302 g/mol. The minimum atomic E-state index is -0.0791. The molecule has 4 nitrogen and oxygen atoms in total. The van der Waals surface area contributed by atoms with Crippen LogP contribution in [0.15, 0.2) is 35.9 Å². The Morgan fingerprint density at radius 1 is 1.27 bits per heavy atom. The maximum Gasteiger partial charge on any atom is 0.251 e. The fraction of sp³-hybridized carbons (Fsp3) is 0.444. The summed E-state index contributed by atoms with van der Waals surface area (Å²) < 4.78 is 0. The standard InChI is InChI=1S/C18H26N2O2/c1-5-8-13(3)17(21)19-12-15-9-7-10-16(11-15)18(22)20-14(4)6-2/h7-11,14H,5-6,12H2,1-4H3,(H,19,21)(H,20,22)/b13-8-/t14-/m1/s1. The zero-order valence-corrected chi connectivity index (χ0v) is 13.9. The van der Waals surface area contributed by atoms with Gasteiger partial charge in [0.15, 0.2) is 0 Å². The lowest BCUT2D eigenvalue weighted by Crippen LogP contribution is -2.32. The quantitative estimate of drug-likeness (QED) is 0.760. The molecule has 0 aromatic heterocycles. The van der Waals surface area contributed by atoms with E-state index in [9.17, 15) is 9.59 Å². The highest BCUT2D eigenvalue weighted by molar-refractivity contribution is 5.94. The van der Waals surface area contributed by atoms with Crippen molar-refractivity contribution in [2.75, 3.05) is 0 Å². The molecule has 0 saturated heterocycles. The number of carbonyl (C=O) groups excluding carboxylic acids is 2. The Balaban J connectivity index is 2.67. The first-order valence-electron chi connectivity index (χ1n) is 7.82. The molecule has 0 aliphatic carbocycles. The van der Waals surface area contributed by atoms with E-state index in [1.807, 2.05) is 45.0 Å². The lowest BCUT2D eigenvalue weighted by molar-refractivity contribution is -0.117. The smallest absolute Gasteiger partial charge is 0.251 e. The molecule has 1 aromatic rings.